The second kappa shape index (κ2) is 10.2. The third-order valence-electron chi connectivity index (χ3n) is 8.23. The molecule has 3 aliphatic rings. The van der Waals surface area contributed by atoms with E-state index in [4.69, 9.17) is 10.5 Å². The number of nitrogens with one attached hydrogen (secondary N) is 1. The number of aromatic hydroxyl groups is 1. The average Bonchev–Trinajstić information content (AvgIpc) is 2.93. The maximum Gasteiger partial charge on any atom is 0.417 e. The number of aliphatic hydroxyl groups excluding tert-OH is 4. The van der Waals surface area contributed by atoms with Crippen molar-refractivity contribution >= 4 is 35.0 Å². The highest BCUT2D eigenvalue weighted by atomic mass is 16.6. The monoisotopic (exact) mass is 595 g/mol. The van der Waals surface area contributed by atoms with Gasteiger partial charge in [0.05, 0.1) is 35.4 Å². The van der Waals surface area contributed by atoms with Crippen LogP contribution in [0.2, 0.25) is 0 Å². The summed E-state index contributed by atoms with van der Waals surface area (Å²) in [5, 5.41) is 70.1. The molecule has 0 aromatic heterocycles. The average molecular weight is 596 g/mol. The van der Waals surface area contributed by atoms with Crippen LogP contribution in [0.15, 0.2) is 53.3 Å². The lowest BCUT2D eigenvalue weighted by Gasteiger charge is -2.53. The Morgan fingerprint density at radius 2 is 1.65 bits per heavy atom. The van der Waals surface area contributed by atoms with Crippen LogP contribution in [0, 0.1) is 18.8 Å². The van der Waals surface area contributed by atoms with Crippen molar-refractivity contribution in [2.24, 2.45) is 17.6 Å². The van der Waals surface area contributed by atoms with Crippen LogP contribution in [0.5, 0.6) is 11.5 Å². The van der Waals surface area contributed by atoms with Crippen molar-refractivity contribution in [1.29, 1.82) is 0 Å². The fraction of sp³-hybridized carbons (Fsp3) is 0.310. The molecule has 0 radical (unpaired) electrons. The number of nitrogens with two attached hydrogens (primary N) is 1. The number of aliphatic hydroxyl groups is 5. The normalized spacial score (nSPS) is 28.3. The highest BCUT2D eigenvalue weighted by Gasteiger charge is 2.68. The van der Waals surface area contributed by atoms with E-state index in [0.29, 0.717) is 0 Å². The lowest BCUT2D eigenvalue weighted by Crippen LogP contribution is -2.70. The second-order valence-electron chi connectivity index (χ2n) is 11.0. The largest absolute Gasteiger partial charge is 0.508 e. The molecule has 226 valence electrons. The fourth-order valence-corrected chi connectivity index (χ4v) is 6.23. The van der Waals surface area contributed by atoms with E-state index in [-0.39, 0.29) is 17.0 Å². The number of fused-ring (bicyclic) bond motifs is 3. The Morgan fingerprint density at radius 3 is 2.23 bits per heavy atom. The molecule has 0 bridgehead atoms. The fourth-order valence-electron chi connectivity index (χ4n) is 6.23. The molecule has 0 spiro atoms. The zero-order valence-electron chi connectivity index (χ0n) is 23.1. The summed E-state index contributed by atoms with van der Waals surface area (Å²) in [4.78, 5) is 52.9. The number of amides is 2. The van der Waals surface area contributed by atoms with Crippen LogP contribution in [-0.4, -0.2) is 90.9 Å². The number of phenols is 1. The molecule has 43 heavy (non-hydrogen) atoms. The summed E-state index contributed by atoms with van der Waals surface area (Å²) >= 11 is 0. The SMILES string of the molecule is Cc1ccc(OC(=O)Nc2ccc3c(c2O)C(O)=C2C(=O)C4(O)C(O)=C(C(N)=O)C(=O)C(N(C)C)C4C(O)C2C3O)cc1. The maximum atomic E-state index is 13.9. The predicted molar refractivity (Wildman–Crippen MR) is 148 cm³/mol. The minimum Gasteiger partial charge on any atom is -0.508 e. The first-order valence-corrected chi connectivity index (χ1v) is 13.0. The van der Waals surface area contributed by atoms with E-state index in [1.54, 1.807) is 24.3 Å². The third-order valence-corrected chi connectivity index (χ3v) is 8.23. The van der Waals surface area contributed by atoms with Crippen LogP contribution in [0.1, 0.15) is 22.8 Å². The molecule has 2 aromatic rings. The molecule has 14 nitrogen and oxygen atoms in total. The van der Waals surface area contributed by atoms with Crippen molar-refractivity contribution in [2.45, 2.75) is 30.8 Å². The van der Waals surface area contributed by atoms with E-state index in [2.05, 4.69) is 5.32 Å². The number of primary amides is 1. The number of aryl methyl sites for hydroxylation is 1. The highest BCUT2D eigenvalue weighted by Crippen LogP contribution is 2.56. The van der Waals surface area contributed by atoms with E-state index in [1.165, 1.54) is 31.1 Å². The number of Topliss-reactive ketones (excluding diaryl/α,β-unsaturated/α-hetero) is 2. The number of anilines is 1. The first kappa shape index (κ1) is 29.7. The number of ether oxygens (including phenoxy) is 1. The quantitative estimate of drug-likeness (QED) is 0.176. The zero-order chi connectivity index (χ0) is 31.7. The molecular weight excluding hydrogens is 566 g/mol. The van der Waals surface area contributed by atoms with Crippen LogP contribution >= 0.6 is 0 Å². The highest BCUT2D eigenvalue weighted by molar-refractivity contribution is 6.24. The number of carbonyl (C=O) groups excluding carboxylic acids is 4. The van der Waals surface area contributed by atoms with E-state index < -0.39 is 93.2 Å². The van der Waals surface area contributed by atoms with Gasteiger partial charge in [0.2, 0.25) is 5.78 Å². The number of carbonyl (C=O) groups is 4. The van der Waals surface area contributed by atoms with Crippen molar-refractivity contribution in [2.75, 3.05) is 19.4 Å². The summed E-state index contributed by atoms with van der Waals surface area (Å²) in [5.41, 5.74) is 0.276. The topological polar surface area (TPSA) is 240 Å². The van der Waals surface area contributed by atoms with Crippen molar-refractivity contribution in [3.8, 4) is 11.5 Å². The van der Waals surface area contributed by atoms with E-state index in [0.717, 1.165) is 5.56 Å². The van der Waals surface area contributed by atoms with Crippen molar-refractivity contribution in [3.63, 3.8) is 0 Å². The predicted octanol–water partition coefficient (Wildman–Crippen LogP) is 0.345. The third kappa shape index (κ3) is 4.26. The van der Waals surface area contributed by atoms with Crippen LogP contribution in [0.25, 0.3) is 5.76 Å². The van der Waals surface area contributed by atoms with Gasteiger partial charge in [-0.15, -0.1) is 0 Å². The number of rotatable bonds is 4. The number of hydrogen-bond acceptors (Lipinski definition) is 12. The van der Waals surface area contributed by atoms with Gasteiger partial charge >= 0.3 is 6.09 Å². The Labute approximate surface area is 243 Å². The Hall–Kier alpha value is -4.76. The number of hydrogen-bond donors (Lipinski definition) is 8. The van der Waals surface area contributed by atoms with Gasteiger partial charge in [0.15, 0.2) is 17.1 Å². The van der Waals surface area contributed by atoms with Gasteiger partial charge in [-0.2, -0.15) is 0 Å². The Bertz CT molecular complexity index is 1650. The van der Waals surface area contributed by atoms with Crippen molar-refractivity contribution in [1.82, 2.24) is 4.90 Å². The second-order valence-corrected chi connectivity index (χ2v) is 11.0. The van der Waals surface area contributed by atoms with Gasteiger partial charge in [0, 0.05) is 11.5 Å². The molecule has 9 N–H and O–H groups in total. The molecular formula is C29H29N3O11. The van der Waals surface area contributed by atoms with Gasteiger partial charge in [-0.1, -0.05) is 23.8 Å². The molecule has 2 amide bonds. The van der Waals surface area contributed by atoms with Crippen molar-refractivity contribution < 1.29 is 54.6 Å². The van der Waals surface area contributed by atoms with Gasteiger partial charge in [-0.05, 0) is 44.8 Å². The molecule has 6 unspecified atom stereocenters. The smallest absolute Gasteiger partial charge is 0.417 e. The number of benzene rings is 2. The first-order valence-electron chi connectivity index (χ1n) is 13.0. The van der Waals surface area contributed by atoms with Crippen LogP contribution in [0.3, 0.4) is 0 Å². The summed E-state index contributed by atoms with van der Waals surface area (Å²) in [6, 6.07) is 7.36. The van der Waals surface area contributed by atoms with Gasteiger partial charge in [0.25, 0.3) is 5.91 Å². The summed E-state index contributed by atoms with van der Waals surface area (Å²) < 4.78 is 5.18. The Morgan fingerprint density at radius 1 is 1.02 bits per heavy atom. The van der Waals surface area contributed by atoms with Gasteiger partial charge in [-0.25, -0.2) is 4.79 Å². The summed E-state index contributed by atoms with van der Waals surface area (Å²) in [7, 11) is 2.74. The van der Waals surface area contributed by atoms with Gasteiger partial charge < -0.3 is 41.1 Å². The van der Waals surface area contributed by atoms with Gasteiger partial charge in [-0.3, -0.25) is 24.6 Å². The standard InChI is InChI=1S/C29H29N3O11/c1-10-4-6-11(7-5-10)43-28(41)31-13-9-8-12-14(21(13)34)22(35)16-15(20(12)33)23(36)18-19(32(2)3)24(37)17(27(30)40)26(39)29(18,42)25(16)38/h4-9,15,18-20,23,33-36,39,42H,1-3H3,(H2,30,40)(H,31,41). The first-order chi connectivity index (χ1) is 20.1. The number of likely N-dealkylation sites (N-methyl/N-ethyl adjacent to an activating group) is 1. The van der Waals surface area contributed by atoms with Crippen LogP contribution in [-0.2, 0) is 14.4 Å². The number of nitrogens with zero attached hydrogens (tertiary/aromatic N) is 1. The molecule has 2 aromatic carbocycles. The summed E-state index contributed by atoms with van der Waals surface area (Å²) in [6.07, 6.45) is -4.76. The van der Waals surface area contributed by atoms with E-state index >= 15 is 0 Å². The van der Waals surface area contributed by atoms with Gasteiger partial charge in [0.1, 0.15) is 22.8 Å². The minimum absolute atomic E-state index is 0.153. The lowest BCUT2D eigenvalue weighted by atomic mass is 9.55. The molecule has 0 heterocycles. The summed E-state index contributed by atoms with van der Waals surface area (Å²) in [5.74, 6) is -10.4. The summed E-state index contributed by atoms with van der Waals surface area (Å²) in [6.45, 7) is 1.84. The van der Waals surface area contributed by atoms with E-state index in [1.807, 2.05) is 6.92 Å². The molecule has 0 aliphatic heterocycles. The number of ketones is 2. The molecule has 1 fully saturated rings. The molecule has 14 heteroatoms. The number of phenolic OH excluding ortho intramolecular Hbond substituents is 1. The lowest BCUT2D eigenvalue weighted by molar-refractivity contribution is -0.174. The maximum absolute atomic E-state index is 13.9. The zero-order valence-corrected chi connectivity index (χ0v) is 23.1. The van der Waals surface area contributed by atoms with Crippen molar-refractivity contribution in [3.05, 3.63) is 70.0 Å². The Kier molecular flexibility index (Phi) is 7.05. The molecule has 0 saturated heterocycles. The molecule has 5 rings (SSSR count). The minimum atomic E-state index is -3.13. The molecule has 1 saturated carbocycles. The van der Waals surface area contributed by atoms with E-state index in [9.17, 15) is 49.8 Å². The van der Waals surface area contributed by atoms with Crippen LogP contribution < -0.4 is 15.8 Å². The molecule has 3 aliphatic carbocycles. The van der Waals surface area contributed by atoms with Crippen LogP contribution in [0.4, 0.5) is 10.5 Å². The molecule has 6 atom stereocenters. The Balaban J connectivity index is 1.62.